The molecule has 19 heavy (non-hydrogen) atoms. The molecule has 4 nitrogen and oxygen atoms in total. The van der Waals surface area contributed by atoms with Gasteiger partial charge in [0.25, 0.3) is 0 Å². The van der Waals surface area contributed by atoms with Crippen LogP contribution in [0.2, 0.25) is 0 Å². The predicted octanol–water partition coefficient (Wildman–Crippen LogP) is 2.08. The van der Waals surface area contributed by atoms with E-state index in [1.807, 2.05) is 20.2 Å². The molecular weight excluding hydrogens is 238 g/mol. The summed E-state index contributed by atoms with van der Waals surface area (Å²) in [6.45, 7) is 7.72. The Morgan fingerprint density at radius 1 is 1.26 bits per heavy atom. The SMILES string of the molecule is CCCc1cc(CNCC)cc(OCCN(C)C)n1. The lowest BCUT2D eigenvalue weighted by molar-refractivity contribution is 0.253. The van der Waals surface area contributed by atoms with Crippen LogP contribution >= 0.6 is 0 Å². The minimum Gasteiger partial charge on any atom is -0.476 e. The average Bonchev–Trinajstić information content (AvgIpc) is 2.36. The Labute approximate surface area is 117 Å². The zero-order valence-electron chi connectivity index (χ0n) is 12.7. The zero-order chi connectivity index (χ0) is 14.1. The maximum atomic E-state index is 5.74. The van der Waals surface area contributed by atoms with Crippen molar-refractivity contribution in [3.05, 3.63) is 23.4 Å². The minimum absolute atomic E-state index is 0.677. The summed E-state index contributed by atoms with van der Waals surface area (Å²) in [5.41, 5.74) is 2.37. The van der Waals surface area contributed by atoms with Crippen LogP contribution in [0.1, 0.15) is 31.5 Å². The summed E-state index contributed by atoms with van der Waals surface area (Å²) in [6, 6.07) is 4.21. The molecule has 1 N–H and O–H groups in total. The van der Waals surface area contributed by atoms with Crippen LogP contribution in [0.3, 0.4) is 0 Å². The standard InChI is InChI=1S/C15H27N3O/c1-5-7-14-10-13(12-16-6-2)11-15(17-14)19-9-8-18(3)4/h10-11,16H,5-9,12H2,1-4H3. The summed E-state index contributed by atoms with van der Waals surface area (Å²) in [6.07, 6.45) is 2.11. The van der Waals surface area contributed by atoms with Gasteiger partial charge in [-0.3, -0.25) is 0 Å². The van der Waals surface area contributed by atoms with Gasteiger partial charge in [-0.1, -0.05) is 20.3 Å². The van der Waals surface area contributed by atoms with Crippen LogP contribution in [-0.2, 0) is 13.0 Å². The number of nitrogens with zero attached hydrogens (tertiary/aromatic N) is 2. The average molecular weight is 265 g/mol. The van der Waals surface area contributed by atoms with Crippen LogP contribution in [0.5, 0.6) is 5.88 Å². The number of pyridine rings is 1. The first-order chi connectivity index (χ1) is 9.15. The van der Waals surface area contributed by atoms with Crippen molar-refractivity contribution in [1.29, 1.82) is 0 Å². The quantitative estimate of drug-likeness (QED) is 0.742. The fraction of sp³-hybridized carbons (Fsp3) is 0.667. The third-order valence-corrected chi connectivity index (χ3v) is 2.79. The molecule has 1 aromatic rings. The lowest BCUT2D eigenvalue weighted by Gasteiger charge is -2.12. The van der Waals surface area contributed by atoms with E-state index in [1.165, 1.54) is 5.56 Å². The molecule has 0 bridgehead atoms. The molecule has 0 aromatic carbocycles. The molecule has 1 rings (SSSR count). The van der Waals surface area contributed by atoms with Gasteiger partial charge in [0.1, 0.15) is 6.61 Å². The van der Waals surface area contributed by atoms with Crippen molar-refractivity contribution in [2.24, 2.45) is 0 Å². The summed E-state index contributed by atoms with van der Waals surface area (Å²) in [4.78, 5) is 6.67. The molecule has 0 aliphatic heterocycles. The van der Waals surface area contributed by atoms with E-state index in [0.717, 1.165) is 44.0 Å². The molecule has 0 amide bonds. The van der Waals surface area contributed by atoms with Crippen molar-refractivity contribution in [3.8, 4) is 5.88 Å². The van der Waals surface area contributed by atoms with E-state index in [-0.39, 0.29) is 0 Å². The first-order valence-electron chi connectivity index (χ1n) is 7.13. The normalized spacial score (nSPS) is 11.0. The molecule has 0 saturated heterocycles. The summed E-state index contributed by atoms with van der Waals surface area (Å²) in [5.74, 6) is 0.751. The third-order valence-electron chi connectivity index (χ3n) is 2.79. The summed E-state index contributed by atoms with van der Waals surface area (Å²) >= 11 is 0. The maximum Gasteiger partial charge on any atom is 0.213 e. The fourth-order valence-corrected chi connectivity index (χ4v) is 1.78. The van der Waals surface area contributed by atoms with Crippen molar-refractivity contribution < 1.29 is 4.74 Å². The van der Waals surface area contributed by atoms with Crippen LogP contribution in [0.25, 0.3) is 0 Å². The summed E-state index contributed by atoms with van der Waals surface area (Å²) in [5, 5.41) is 3.34. The highest BCUT2D eigenvalue weighted by Gasteiger charge is 2.04. The van der Waals surface area contributed by atoms with Crippen LogP contribution < -0.4 is 10.1 Å². The Bertz CT molecular complexity index is 366. The van der Waals surface area contributed by atoms with E-state index in [2.05, 4.69) is 35.1 Å². The molecule has 0 saturated carbocycles. The molecule has 0 atom stereocenters. The Kier molecular flexibility index (Phi) is 7.45. The highest BCUT2D eigenvalue weighted by Crippen LogP contribution is 2.14. The second kappa shape index (κ2) is 8.88. The highest BCUT2D eigenvalue weighted by atomic mass is 16.5. The van der Waals surface area contributed by atoms with Crippen LogP contribution in [0, 0.1) is 0 Å². The van der Waals surface area contributed by atoms with Gasteiger partial charge >= 0.3 is 0 Å². The monoisotopic (exact) mass is 265 g/mol. The molecule has 108 valence electrons. The van der Waals surface area contributed by atoms with E-state index in [4.69, 9.17) is 4.74 Å². The van der Waals surface area contributed by atoms with E-state index in [1.54, 1.807) is 0 Å². The van der Waals surface area contributed by atoms with Crippen molar-refractivity contribution >= 4 is 0 Å². The maximum absolute atomic E-state index is 5.74. The van der Waals surface area contributed by atoms with Gasteiger partial charge in [0.2, 0.25) is 5.88 Å². The van der Waals surface area contributed by atoms with Crippen LogP contribution in [-0.4, -0.2) is 43.7 Å². The molecule has 0 spiro atoms. The molecular formula is C15H27N3O. The van der Waals surface area contributed by atoms with Gasteiger partial charge in [-0.25, -0.2) is 4.98 Å². The lowest BCUT2D eigenvalue weighted by atomic mass is 10.1. The number of hydrogen-bond donors (Lipinski definition) is 1. The summed E-state index contributed by atoms with van der Waals surface area (Å²) < 4.78 is 5.74. The lowest BCUT2D eigenvalue weighted by Crippen LogP contribution is -2.20. The Morgan fingerprint density at radius 2 is 2.05 bits per heavy atom. The van der Waals surface area contributed by atoms with Crippen LogP contribution in [0.4, 0.5) is 0 Å². The highest BCUT2D eigenvalue weighted by molar-refractivity contribution is 5.25. The Balaban J connectivity index is 2.68. The largest absolute Gasteiger partial charge is 0.476 e. The number of hydrogen-bond acceptors (Lipinski definition) is 4. The van der Waals surface area contributed by atoms with Gasteiger partial charge < -0.3 is 15.0 Å². The van der Waals surface area contributed by atoms with Gasteiger partial charge in [0.05, 0.1) is 0 Å². The number of aromatic nitrogens is 1. The van der Waals surface area contributed by atoms with E-state index >= 15 is 0 Å². The third kappa shape index (κ3) is 6.55. The van der Waals surface area contributed by atoms with Crippen molar-refractivity contribution in [2.75, 3.05) is 33.8 Å². The van der Waals surface area contributed by atoms with Gasteiger partial charge in [0, 0.05) is 24.8 Å². The number of rotatable bonds is 9. The smallest absolute Gasteiger partial charge is 0.213 e. The number of ether oxygens (including phenoxy) is 1. The number of nitrogens with one attached hydrogen (secondary N) is 1. The number of aryl methyl sites for hydroxylation is 1. The van der Waals surface area contributed by atoms with Crippen molar-refractivity contribution in [3.63, 3.8) is 0 Å². The molecule has 1 heterocycles. The first kappa shape index (κ1) is 15.9. The van der Waals surface area contributed by atoms with E-state index < -0.39 is 0 Å². The molecule has 0 radical (unpaired) electrons. The van der Waals surface area contributed by atoms with Crippen molar-refractivity contribution in [1.82, 2.24) is 15.2 Å². The predicted molar refractivity (Wildman–Crippen MR) is 79.7 cm³/mol. The second-order valence-corrected chi connectivity index (χ2v) is 4.99. The van der Waals surface area contributed by atoms with Crippen molar-refractivity contribution in [2.45, 2.75) is 33.2 Å². The van der Waals surface area contributed by atoms with Gasteiger partial charge in [0.15, 0.2) is 0 Å². The Hall–Kier alpha value is -1.13. The van der Waals surface area contributed by atoms with Gasteiger partial charge in [-0.15, -0.1) is 0 Å². The Morgan fingerprint density at radius 3 is 2.68 bits per heavy atom. The topological polar surface area (TPSA) is 37.4 Å². The molecule has 0 aliphatic carbocycles. The minimum atomic E-state index is 0.677. The molecule has 4 heteroatoms. The first-order valence-corrected chi connectivity index (χ1v) is 7.13. The summed E-state index contributed by atoms with van der Waals surface area (Å²) in [7, 11) is 4.09. The second-order valence-electron chi connectivity index (χ2n) is 4.99. The molecule has 0 unspecified atom stereocenters. The zero-order valence-corrected chi connectivity index (χ0v) is 12.7. The molecule has 0 aliphatic rings. The van der Waals surface area contributed by atoms with Crippen LogP contribution in [0.15, 0.2) is 12.1 Å². The number of likely N-dealkylation sites (N-methyl/N-ethyl adjacent to an activating group) is 1. The molecule has 0 fully saturated rings. The van der Waals surface area contributed by atoms with Gasteiger partial charge in [-0.2, -0.15) is 0 Å². The van der Waals surface area contributed by atoms with E-state index in [9.17, 15) is 0 Å². The van der Waals surface area contributed by atoms with Gasteiger partial charge in [-0.05, 0) is 38.7 Å². The van der Waals surface area contributed by atoms with E-state index in [0.29, 0.717) is 6.61 Å². The fourth-order valence-electron chi connectivity index (χ4n) is 1.78. The molecule has 1 aromatic heterocycles.